The Bertz CT molecular complexity index is 962. The van der Waals surface area contributed by atoms with E-state index in [0.717, 1.165) is 11.8 Å². The first-order valence-electron chi connectivity index (χ1n) is 8.90. The topological polar surface area (TPSA) is 82.7 Å². The number of hydrogen-bond acceptors (Lipinski definition) is 5. The van der Waals surface area contributed by atoms with E-state index >= 15 is 0 Å². The minimum Gasteiger partial charge on any atom is -0.390 e. The molecule has 1 fully saturated rings. The van der Waals surface area contributed by atoms with E-state index in [1.54, 1.807) is 24.7 Å². The zero-order valence-corrected chi connectivity index (χ0v) is 14.5. The number of hydrogen-bond donors (Lipinski definition) is 3. The molecule has 3 N–H and O–H groups in total. The van der Waals surface area contributed by atoms with Crippen LogP contribution in [0.2, 0.25) is 0 Å². The fourth-order valence-electron chi connectivity index (χ4n) is 3.64. The summed E-state index contributed by atoms with van der Waals surface area (Å²) in [6.45, 7) is 0.477. The van der Waals surface area contributed by atoms with E-state index in [9.17, 15) is 19.0 Å². The van der Waals surface area contributed by atoms with Gasteiger partial charge in [0.1, 0.15) is 0 Å². The Morgan fingerprint density at radius 3 is 2.74 bits per heavy atom. The lowest BCUT2D eigenvalue weighted by atomic mass is 10.0. The molecule has 0 spiro atoms. The van der Waals surface area contributed by atoms with E-state index in [0.29, 0.717) is 42.8 Å². The average molecular weight is 374 g/mol. The summed E-state index contributed by atoms with van der Waals surface area (Å²) in [6.07, 6.45) is 5.34. The summed E-state index contributed by atoms with van der Waals surface area (Å²) in [5.74, 6) is -1.32. The van der Waals surface area contributed by atoms with Gasteiger partial charge in [-0.3, -0.25) is 4.40 Å². The van der Waals surface area contributed by atoms with Gasteiger partial charge in [0.05, 0.1) is 12.2 Å². The number of aliphatic hydroxyl groups is 2. The van der Waals surface area contributed by atoms with Crippen LogP contribution in [0.15, 0.2) is 36.8 Å². The predicted octanol–water partition coefficient (Wildman–Crippen LogP) is 2.26. The van der Waals surface area contributed by atoms with Crippen molar-refractivity contribution in [2.45, 2.75) is 37.4 Å². The van der Waals surface area contributed by atoms with Crippen molar-refractivity contribution in [3.8, 4) is 0 Å². The molecule has 3 atom stereocenters. The summed E-state index contributed by atoms with van der Waals surface area (Å²) >= 11 is 0. The highest BCUT2D eigenvalue weighted by atomic mass is 19.2. The molecule has 2 heterocycles. The summed E-state index contributed by atoms with van der Waals surface area (Å²) in [5, 5.41) is 23.2. The van der Waals surface area contributed by atoms with E-state index in [1.807, 2.05) is 4.40 Å². The van der Waals surface area contributed by atoms with Gasteiger partial charge < -0.3 is 15.5 Å². The number of imidazole rings is 1. The largest absolute Gasteiger partial charge is 0.390 e. The van der Waals surface area contributed by atoms with Gasteiger partial charge in [-0.15, -0.1) is 0 Å². The first kappa shape index (κ1) is 17.8. The van der Waals surface area contributed by atoms with Crippen LogP contribution in [-0.4, -0.2) is 43.3 Å². The van der Waals surface area contributed by atoms with Gasteiger partial charge in [0.2, 0.25) is 0 Å². The maximum absolute atomic E-state index is 13.3. The highest BCUT2D eigenvalue weighted by molar-refractivity contribution is 5.63. The molecule has 4 rings (SSSR count). The lowest BCUT2D eigenvalue weighted by Crippen LogP contribution is -2.24. The van der Waals surface area contributed by atoms with Gasteiger partial charge in [0.15, 0.2) is 23.1 Å². The number of halogens is 2. The molecule has 1 saturated carbocycles. The van der Waals surface area contributed by atoms with Crippen LogP contribution in [0.5, 0.6) is 0 Å². The highest BCUT2D eigenvalue weighted by Gasteiger charge is 2.36. The van der Waals surface area contributed by atoms with E-state index in [1.165, 1.54) is 6.07 Å². The minimum atomic E-state index is -0.859. The number of rotatable bonds is 5. The lowest BCUT2D eigenvalue weighted by Gasteiger charge is -2.16. The zero-order valence-electron chi connectivity index (χ0n) is 14.5. The third kappa shape index (κ3) is 3.38. The van der Waals surface area contributed by atoms with Gasteiger partial charge >= 0.3 is 0 Å². The molecule has 0 radical (unpaired) electrons. The van der Waals surface area contributed by atoms with Crippen LogP contribution in [0.1, 0.15) is 30.0 Å². The van der Waals surface area contributed by atoms with Crippen LogP contribution in [0, 0.1) is 11.6 Å². The predicted molar refractivity (Wildman–Crippen MR) is 95.5 cm³/mol. The third-order valence-electron chi connectivity index (χ3n) is 5.11. The monoisotopic (exact) mass is 374 g/mol. The molecule has 2 aromatic heterocycles. The maximum Gasteiger partial charge on any atom is 0.180 e. The molecule has 1 aliphatic carbocycles. The van der Waals surface area contributed by atoms with E-state index in [2.05, 4.69) is 15.3 Å². The van der Waals surface area contributed by atoms with Crippen molar-refractivity contribution in [3.05, 3.63) is 59.7 Å². The molecule has 0 amide bonds. The third-order valence-corrected chi connectivity index (χ3v) is 5.11. The van der Waals surface area contributed by atoms with Crippen molar-refractivity contribution in [1.82, 2.24) is 14.4 Å². The SMILES string of the molecule is O[C@@H]1[C@H](O)CC[C@H]1c1cnc2c(NCCc3ccc(F)c(F)c3)nccn12. The molecule has 1 aromatic carbocycles. The summed E-state index contributed by atoms with van der Waals surface area (Å²) in [6, 6.07) is 3.85. The fourth-order valence-corrected chi connectivity index (χ4v) is 3.64. The molecular formula is C19H20F2N4O2. The summed E-state index contributed by atoms with van der Waals surface area (Å²) in [4.78, 5) is 8.71. The molecule has 1 aliphatic rings. The standard InChI is InChI=1S/C19H20F2N4O2/c20-13-3-1-11(9-14(13)21)5-6-22-18-19-24-10-15(25(19)8-7-23-18)12-2-4-16(26)17(12)27/h1,3,7-10,12,16-17,26-27H,2,4-6H2,(H,22,23)/t12-,16+,17-/m0/s1. The van der Waals surface area contributed by atoms with Gasteiger partial charge in [-0.2, -0.15) is 0 Å². The van der Waals surface area contributed by atoms with Gasteiger partial charge in [0, 0.05) is 36.7 Å². The van der Waals surface area contributed by atoms with Crippen LogP contribution < -0.4 is 5.32 Å². The molecule has 0 unspecified atom stereocenters. The summed E-state index contributed by atoms with van der Waals surface area (Å²) in [5.41, 5.74) is 2.13. The molecule has 0 saturated heterocycles. The molecule has 0 aliphatic heterocycles. The van der Waals surface area contributed by atoms with Gasteiger partial charge in [0.25, 0.3) is 0 Å². The van der Waals surface area contributed by atoms with Crippen LogP contribution in [0.25, 0.3) is 5.65 Å². The summed E-state index contributed by atoms with van der Waals surface area (Å²) in [7, 11) is 0. The first-order valence-corrected chi connectivity index (χ1v) is 8.90. The van der Waals surface area contributed by atoms with E-state index < -0.39 is 23.8 Å². The second-order valence-corrected chi connectivity index (χ2v) is 6.82. The molecule has 142 valence electrons. The molecule has 0 bridgehead atoms. The first-order chi connectivity index (χ1) is 13.0. The van der Waals surface area contributed by atoms with Crippen molar-refractivity contribution in [3.63, 3.8) is 0 Å². The minimum absolute atomic E-state index is 0.174. The Labute approximate surface area is 154 Å². The molecule has 8 heteroatoms. The van der Waals surface area contributed by atoms with Crippen molar-refractivity contribution in [2.75, 3.05) is 11.9 Å². The number of fused-ring (bicyclic) bond motifs is 1. The van der Waals surface area contributed by atoms with Crippen molar-refractivity contribution in [2.24, 2.45) is 0 Å². The number of nitrogens with zero attached hydrogens (tertiary/aromatic N) is 3. The Morgan fingerprint density at radius 1 is 1.15 bits per heavy atom. The second kappa shape index (κ2) is 7.21. The van der Waals surface area contributed by atoms with Crippen molar-refractivity contribution >= 4 is 11.5 Å². The number of aromatic nitrogens is 3. The van der Waals surface area contributed by atoms with Crippen LogP contribution in [-0.2, 0) is 6.42 Å². The highest BCUT2D eigenvalue weighted by Crippen LogP contribution is 2.35. The van der Waals surface area contributed by atoms with Gasteiger partial charge in [-0.05, 0) is 37.0 Å². The Kier molecular flexibility index (Phi) is 4.75. The summed E-state index contributed by atoms with van der Waals surface area (Å²) < 4.78 is 28.1. The van der Waals surface area contributed by atoms with Gasteiger partial charge in [-0.1, -0.05) is 6.07 Å². The Morgan fingerprint density at radius 2 is 2.00 bits per heavy atom. The smallest absolute Gasteiger partial charge is 0.180 e. The van der Waals surface area contributed by atoms with Crippen molar-refractivity contribution in [1.29, 1.82) is 0 Å². The number of benzene rings is 1. The zero-order chi connectivity index (χ0) is 19.0. The average Bonchev–Trinajstić information content (AvgIpc) is 3.22. The van der Waals surface area contributed by atoms with Crippen molar-refractivity contribution < 1.29 is 19.0 Å². The maximum atomic E-state index is 13.3. The van der Waals surface area contributed by atoms with Crippen LogP contribution in [0.4, 0.5) is 14.6 Å². The normalized spacial score (nSPS) is 22.4. The Balaban J connectivity index is 1.50. The number of aliphatic hydroxyl groups excluding tert-OH is 2. The number of nitrogens with one attached hydrogen (secondary N) is 1. The van der Waals surface area contributed by atoms with Gasteiger partial charge in [-0.25, -0.2) is 18.7 Å². The molecule has 3 aromatic rings. The second-order valence-electron chi connectivity index (χ2n) is 6.82. The molecule has 27 heavy (non-hydrogen) atoms. The molecular weight excluding hydrogens is 354 g/mol. The van der Waals surface area contributed by atoms with E-state index in [-0.39, 0.29) is 5.92 Å². The van der Waals surface area contributed by atoms with Crippen LogP contribution >= 0.6 is 0 Å². The number of anilines is 1. The Hall–Kier alpha value is -2.58. The van der Waals surface area contributed by atoms with Crippen LogP contribution in [0.3, 0.4) is 0 Å². The fraction of sp³-hybridized carbons (Fsp3) is 0.368. The van der Waals surface area contributed by atoms with E-state index in [4.69, 9.17) is 0 Å². The lowest BCUT2D eigenvalue weighted by molar-refractivity contribution is 0.0345. The quantitative estimate of drug-likeness (QED) is 0.638. The molecule has 6 nitrogen and oxygen atoms in total.